The van der Waals surface area contributed by atoms with Gasteiger partial charge in [0.25, 0.3) is 5.78 Å². The number of aliphatic hydroxyl groups is 1. The van der Waals surface area contributed by atoms with E-state index in [4.69, 9.17) is 9.72 Å². The molecule has 0 saturated carbocycles. The van der Waals surface area contributed by atoms with Gasteiger partial charge in [0.05, 0.1) is 28.4 Å². The van der Waals surface area contributed by atoms with Gasteiger partial charge in [-0.25, -0.2) is 4.98 Å². The van der Waals surface area contributed by atoms with Crippen molar-refractivity contribution in [2.24, 2.45) is 0 Å². The van der Waals surface area contributed by atoms with Crippen molar-refractivity contribution in [3.05, 3.63) is 94.6 Å². The van der Waals surface area contributed by atoms with Gasteiger partial charge < -0.3 is 9.84 Å². The number of unbranched alkanes of at least 4 members (excludes halogenated alkanes) is 1. The number of ether oxygens (including phenoxy) is 1. The number of hydrogen-bond donors (Lipinski definition) is 1. The summed E-state index contributed by atoms with van der Waals surface area (Å²) in [7, 11) is 0. The van der Waals surface area contributed by atoms with E-state index in [1.807, 2.05) is 56.3 Å². The normalized spacial score (nSPS) is 17.1. The average molecular weight is 513 g/mol. The number of fused-ring (bicyclic) bond motifs is 1. The molecule has 0 aliphatic carbocycles. The van der Waals surface area contributed by atoms with Crippen LogP contribution in [0.1, 0.15) is 48.1 Å². The average Bonchev–Trinajstić information content (AvgIpc) is 3.43. The van der Waals surface area contributed by atoms with Crippen LogP contribution in [0, 0.1) is 13.8 Å². The van der Waals surface area contributed by atoms with Gasteiger partial charge >= 0.3 is 5.91 Å². The molecule has 5 rings (SSSR count). The van der Waals surface area contributed by atoms with Crippen molar-refractivity contribution in [3.8, 4) is 5.75 Å². The second-order valence-electron chi connectivity index (χ2n) is 9.23. The highest BCUT2D eigenvalue weighted by Crippen LogP contribution is 2.45. The van der Waals surface area contributed by atoms with Crippen molar-refractivity contribution in [1.29, 1.82) is 0 Å². The van der Waals surface area contributed by atoms with Gasteiger partial charge in [0.2, 0.25) is 0 Å². The molecule has 3 aromatic carbocycles. The number of anilines is 1. The van der Waals surface area contributed by atoms with E-state index in [0.717, 1.165) is 34.2 Å². The van der Waals surface area contributed by atoms with E-state index in [1.165, 1.54) is 16.2 Å². The van der Waals surface area contributed by atoms with E-state index in [9.17, 15) is 14.7 Å². The summed E-state index contributed by atoms with van der Waals surface area (Å²) in [6, 6.07) is 19.4. The van der Waals surface area contributed by atoms with Crippen LogP contribution < -0.4 is 9.64 Å². The molecule has 1 unspecified atom stereocenters. The lowest BCUT2D eigenvalue weighted by molar-refractivity contribution is -0.132. The second kappa shape index (κ2) is 10.2. The molecule has 1 N–H and O–H groups in total. The third-order valence-electron chi connectivity index (χ3n) is 6.46. The molecule has 0 spiro atoms. The van der Waals surface area contributed by atoms with Crippen molar-refractivity contribution < 1.29 is 19.4 Å². The number of aromatic nitrogens is 1. The largest absolute Gasteiger partial charge is 0.507 e. The molecule has 188 valence electrons. The van der Waals surface area contributed by atoms with Crippen LogP contribution in [0.4, 0.5) is 5.13 Å². The van der Waals surface area contributed by atoms with Gasteiger partial charge in [-0.05, 0) is 55.2 Å². The first-order chi connectivity index (χ1) is 17.9. The molecule has 4 aromatic rings. The number of thiazole rings is 1. The van der Waals surface area contributed by atoms with Crippen molar-refractivity contribution in [1.82, 2.24) is 4.98 Å². The summed E-state index contributed by atoms with van der Waals surface area (Å²) in [5.74, 6) is -1.02. The Kier molecular flexibility index (Phi) is 6.80. The van der Waals surface area contributed by atoms with Crippen LogP contribution in [0.2, 0.25) is 0 Å². The first kappa shape index (κ1) is 24.7. The quantitative estimate of drug-likeness (QED) is 0.129. The monoisotopic (exact) mass is 512 g/mol. The number of nitrogens with zero attached hydrogens (tertiary/aromatic N) is 2. The van der Waals surface area contributed by atoms with Gasteiger partial charge in [-0.3, -0.25) is 14.5 Å². The third kappa shape index (κ3) is 4.62. The van der Waals surface area contributed by atoms with E-state index < -0.39 is 17.7 Å². The SMILES string of the molecule is CCCCOc1cccc(C2C(=C(O)c3ccccc3)C(=O)C(=O)N2c2nc3c(C)cc(C)cc3s2)c1. The fourth-order valence-electron chi connectivity index (χ4n) is 4.67. The van der Waals surface area contributed by atoms with Crippen LogP contribution in [-0.4, -0.2) is 28.4 Å². The summed E-state index contributed by atoms with van der Waals surface area (Å²) in [5.41, 5.74) is 4.07. The lowest BCUT2D eigenvalue weighted by atomic mass is 9.95. The van der Waals surface area contributed by atoms with E-state index in [2.05, 4.69) is 6.92 Å². The van der Waals surface area contributed by atoms with Crippen LogP contribution in [-0.2, 0) is 9.59 Å². The first-order valence-electron chi connectivity index (χ1n) is 12.4. The van der Waals surface area contributed by atoms with Crippen molar-refractivity contribution in [3.63, 3.8) is 0 Å². The molecule has 1 aliphatic rings. The number of ketones is 1. The fourth-order valence-corrected chi connectivity index (χ4v) is 5.84. The first-order valence-corrected chi connectivity index (χ1v) is 13.2. The topological polar surface area (TPSA) is 79.7 Å². The Morgan fingerprint density at radius 2 is 1.84 bits per heavy atom. The third-order valence-corrected chi connectivity index (χ3v) is 7.46. The van der Waals surface area contributed by atoms with Crippen LogP contribution in [0.25, 0.3) is 16.0 Å². The van der Waals surface area contributed by atoms with E-state index >= 15 is 0 Å². The zero-order chi connectivity index (χ0) is 26.1. The van der Waals surface area contributed by atoms with Crippen LogP contribution in [0.5, 0.6) is 5.75 Å². The minimum atomic E-state index is -0.850. The molecular formula is C30H28N2O4S. The van der Waals surface area contributed by atoms with Crippen LogP contribution >= 0.6 is 11.3 Å². The van der Waals surface area contributed by atoms with Crippen molar-refractivity contribution in [2.75, 3.05) is 11.5 Å². The molecule has 0 radical (unpaired) electrons. The van der Waals surface area contributed by atoms with Gasteiger partial charge in [0.15, 0.2) is 5.13 Å². The molecular weight excluding hydrogens is 484 g/mol. The smallest absolute Gasteiger partial charge is 0.301 e. The van der Waals surface area contributed by atoms with E-state index in [1.54, 1.807) is 24.3 Å². The maximum Gasteiger partial charge on any atom is 0.301 e. The zero-order valence-electron chi connectivity index (χ0n) is 21.0. The Labute approximate surface area is 219 Å². The molecule has 1 aliphatic heterocycles. The Bertz CT molecular complexity index is 1520. The zero-order valence-corrected chi connectivity index (χ0v) is 21.8. The minimum Gasteiger partial charge on any atom is -0.507 e. The summed E-state index contributed by atoms with van der Waals surface area (Å²) in [5, 5.41) is 11.7. The highest BCUT2D eigenvalue weighted by Gasteiger charge is 2.48. The number of rotatable bonds is 7. The maximum absolute atomic E-state index is 13.5. The van der Waals surface area contributed by atoms with Crippen LogP contribution in [0.15, 0.2) is 72.3 Å². The molecule has 1 saturated heterocycles. The van der Waals surface area contributed by atoms with Gasteiger partial charge in [0.1, 0.15) is 11.5 Å². The molecule has 0 bridgehead atoms. The number of carbonyl (C=O) groups excluding carboxylic acids is 2. The number of benzene rings is 3. The number of hydrogen-bond acceptors (Lipinski definition) is 6. The Morgan fingerprint density at radius 1 is 1.05 bits per heavy atom. The lowest BCUT2D eigenvalue weighted by Gasteiger charge is -2.23. The number of carbonyl (C=O) groups is 2. The maximum atomic E-state index is 13.5. The lowest BCUT2D eigenvalue weighted by Crippen LogP contribution is -2.29. The Hall–Kier alpha value is -3.97. The minimum absolute atomic E-state index is 0.0362. The second-order valence-corrected chi connectivity index (χ2v) is 10.2. The molecule has 1 aromatic heterocycles. The van der Waals surface area contributed by atoms with Gasteiger partial charge in [-0.2, -0.15) is 0 Å². The molecule has 1 fully saturated rings. The highest BCUT2D eigenvalue weighted by atomic mass is 32.1. The highest BCUT2D eigenvalue weighted by molar-refractivity contribution is 7.22. The fraction of sp³-hybridized carbons (Fsp3) is 0.233. The van der Waals surface area contributed by atoms with Gasteiger partial charge in [0, 0.05) is 5.56 Å². The van der Waals surface area contributed by atoms with E-state index in [-0.39, 0.29) is 11.3 Å². The molecule has 1 atom stereocenters. The number of aliphatic hydroxyl groups excluding tert-OH is 1. The predicted molar refractivity (Wildman–Crippen MR) is 147 cm³/mol. The van der Waals surface area contributed by atoms with Crippen LogP contribution in [0.3, 0.4) is 0 Å². The summed E-state index contributed by atoms with van der Waals surface area (Å²) >= 11 is 1.36. The summed E-state index contributed by atoms with van der Waals surface area (Å²) in [6.07, 6.45) is 1.93. The molecule has 37 heavy (non-hydrogen) atoms. The standard InChI is InChI=1S/C30H28N2O4S/c1-4-5-14-36-22-13-9-12-21(17-22)26-24(27(33)20-10-7-6-8-11-20)28(34)29(35)32(26)30-31-25-19(3)15-18(2)16-23(25)37-30/h6-13,15-17,26,33H,4-5,14H2,1-3H3. The summed E-state index contributed by atoms with van der Waals surface area (Å²) < 4.78 is 6.86. The Morgan fingerprint density at radius 3 is 2.59 bits per heavy atom. The summed E-state index contributed by atoms with van der Waals surface area (Å²) in [4.78, 5) is 33.2. The molecule has 1 amide bonds. The number of amides is 1. The Balaban J connectivity index is 1.69. The van der Waals surface area contributed by atoms with Crippen molar-refractivity contribution in [2.45, 2.75) is 39.7 Å². The number of aryl methyl sites for hydroxylation is 2. The van der Waals surface area contributed by atoms with Crippen molar-refractivity contribution >= 4 is 44.1 Å². The molecule has 7 heteroatoms. The summed E-state index contributed by atoms with van der Waals surface area (Å²) in [6.45, 7) is 6.66. The molecule has 6 nitrogen and oxygen atoms in total. The number of Topliss-reactive ketones (excluding diaryl/α,β-unsaturated/α-hetero) is 1. The van der Waals surface area contributed by atoms with Gasteiger partial charge in [-0.1, -0.05) is 73.2 Å². The van der Waals surface area contributed by atoms with Gasteiger partial charge in [-0.15, -0.1) is 0 Å². The predicted octanol–water partition coefficient (Wildman–Crippen LogP) is 6.72. The molecule has 2 heterocycles. The van der Waals surface area contributed by atoms with E-state index in [0.29, 0.717) is 28.6 Å².